The molecule has 0 radical (unpaired) electrons. The minimum Gasteiger partial charge on any atom is -0.481 e. The molecule has 7 atom stereocenters. The first-order chi connectivity index (χ1) is 36.2. The van der Waals surface area contributed by atoms with Gasteiger partial charge in [-0.2, -0.15) is 0 Å². The third kappa shape index (κ3) is 18.2. The molecular formula is C53H67N11O12. The molecule has 0 aliphatic carbocycles. The standard InChI is InChI=1S/C53H67N11O12/c1-29(2)47(70)37(14-15-45(66)67)59-49(72)39(21-32-16-18-55-26-32)61-52(75)42(24-44(54)65)63-50(73)40(22-33-17-19-56-27-33)60-51(74)41(23-34-28-57-36-13-9-8-12-35(34)36)62-53(76)43(25-46(68)69)64-48(71)38(58-30(3)4)20-31-10-6-5-7-11-31/h5-13,18-19,26-30,37-43,57-58H,14-17,20-25H2,1-4H3,(H2,54,65)(H,59,72)(H,60,74)(H,61,75)(H,62,76)(H,63,73)(H,64,71)(H,66,67)(H,68,69)/t37-,38-,39-,40-,41-,42-,43-/m0/s1. The van der Waals surface area contributed by atoms with Crippen LogP contribution in [0, 0.1) is 5.92 Å². The summed E-state index contributed by atoms with van der Waals surface area (Å²) < 4.78 is 0. The Morgan fingerprint density at radius 3 is 1.53 bits per heavy atom. The zero-order valence-electron chi connectivity index (χ0n) is 42.8. The van der Waals surface area contributed by atoms with Gasteiger partial charge in [0.1, 0.15) is 30.2 Å². The third-order valence-corrected chi connectivity index (χ3v) is 12.4. The van der Waals surface area contributed by atoms with E-state index in [-0.39, 0.29) is 44.6 Å². The number of carbonyl (C=O) groups excluding carboxylic acids is 8. The SMILES string of the molecule is CC(C)N[C@@H](Cc1ccccc1)C(=O)N[C@@H](CC(=O)O)C(=O)N[C@@H](Cc1c[nH]c2ccccc12)C(=O)N[C@@H](CC1=CN=CC1)C(=O)N[C@@H](CC(N)=O)C(=O)N[C@@H](CC1=CN=CC1)C(=O)N[C@@H](CCC(=O)O)C(=O)C(C)C. The highest BCUT2D eigenvalue weighted by molar-refractivity contribution is 6.00. The highest BCUT2D eigenvalue weighted by atomic mass is 16.4. The largest absolute Gasteiger partial charge is 0.481 e. The van der Waals surface area contributed by atoms with E-state index in [1.807, 2.05) is 32.0 Å². The monoisotopic (exact) mass is 1050 g/mol. The van der Waals surface area contributed by atoms with Crippen LogP contribution in [0.5, 0.6) is 0 Å². The molecule has 7 amide bonds. The van der Waals surface area contributed by atoms with Crippen LogP contribution in [0.25, 0.3) is 10.9 Å². The molecule has 1 aromatic heterocycles. The first-order valence-corrected chi connectivity index (χ1v) is 25.0. The fourth-order valence-electron chi connectivity index (χ4n) is 8.57. The molecule has 23 heteroatoms. The van der Waals surface area contributed by atoms with Crippen molar-refractivity contribution in [2.24, 2.45) is 21.6 Å². The van der Waals surface area contributed by atoms with E-state index >= 15 is 0 Å². The topological polar surface area (TPSA) is 362 Å². The Balaban J connectivity index is 1.42. The first-order valence-electron chi connectivity index (χ1n) is 25.0. The van der Waals surface area contributed by atoms with Crippen molar-refractivity contribution >= 4 is 82.4 Å². The van der Waals surface area contributed by atoms with Crippen molar-refractivity contribution in [3.05, 3.63) is 95.5 Å². The van der Waals surface area contributed by atoms with Crippen LogP contribution in [0.4, 0.5) is 0 Å². The molecule has 406 valence electrons. The van der Waals surface area contributed by atoms with Crippen LogP contribution in [-0.2, 0) is 60.8 Å². The minimum absolute atomic E-state index is 0.132. The lowest BCUT2D eigenvalue weighted by molar-refractivity contribution is -0.141. The summed E-state index contributed by atoms with van der Waals surface area (Å²) in [5, 5.41) is 38.6. The zero-order chi connectivity index (χ0) is 55.5. The fraction of sp³-hybridized carbons (Fsp3) is 0.434. The van der Waals surface area contributed by atoms with Crippen molar-refractivity contribution in [3.63, 3.8) is 0 Å². The number of nitrogens with zero attached hydrogens (tertiary/aromatic N) is 2. The van der Waals surface area contributed by atoms with Gasteiger partial charge in [-0.3, -0.25) is 57.9 Å². The van der Waals surface area contributed by atoms with Gasteiger partial charge in [0.25, 0.3) is 0 Å². The summed E-state index contributed by atoms with van der Waals surface area (Å²) in [6, 6.07) is 5.96. The molecule has 0 saturated heterocycles. The summed E-state index contributed by atoms with van der Waals surface area (Å²) in [6.07, 6.45) is 5.63. The van der Waals surface area contributed by atoms with Crippen LogP contribution in [-0.4, -0.2) is 135 Å². The molecular weight excluding hydrogens is 983 g/mol. The summed E-state index contributed by atoms with van der Waals surface area (Å²) in [4.78, 5) is 146. The smallest absolute Gasteiger partial charge is 0.305 e. The van der Waals surface area contributed by atoms with Gasteiger partial charge >= 0.3 is 11.9 Å². The summed E-state index contributed by atoms with van der Waals surface area (Å²) >= 11 is 0. The molecule has 5 rings (SSSR count). The second-order valence-electron chi connectivity index (χ2n) is 19.3. The second-order valence-corrected chi connectivity index (χ2v) is 19.3. The number of nitrogens with one attached hydrogen (secondary N) is 8. The van der Waals surface area contributed by atoms with Crippen molar-refractivity contribution in [2.75, 3.05) is 0 Å². The van der Waals surface area contributed by atoms with E-state index in [2.05, 4.69) is 52.2 Å². The minimum atomic E-state index is -1.75. The average molecular weight is 1050 g/mol. The van der Waals surface area contributed by atoms with E-state index in [1.165, 1.54) is 12.4 Å². The number of benzene rings is 2. The molecule has 2 aliphatic rings. The van der Waals surface area contributed by atoms with Gasteiger partial charge in [0.2, 0.25) is 41.4 Å². The number of carbonyl (C=O) groups is 10. The Hall–Kier alpha value is -8.34. The quantitative estimate of drug-likeness (QED) is 0.0432. The maximum absolute atomic E-state index is 14.7. The van der Waals surface area contributed by atoms with Gasteiger partial charge in [0, 0.05) is 79.6 Å². The second kappa shape index (κ2) is 28.4. The Labute approximate surface area is 438 Å². The highest BCUT2D eigenvalue weighted by Gasteiger charge is 2.36. The van der Waals surface area contributed by atoms with Crippen LogP contribution < -0.4 is 43.0 Å². The van der Waals surface area contributed by atoms with Crippen molar-refractivity contribution < 1.29 is 58.2 Å². The predicted octanol–water partition coefficient (Wildman–Crippen LogP) is 1.17. The van der Waals surface area contributed by atoms with Gasteiger partial charge in [0.15, 0.2) is 5.78 Å². The fourth-order valence-corrected chi connectivity index (χ4v) is 8.57. The molecule has 3 heterocycles. The summed E-state index contributed by atoms with van der Waals surface area (Å²) in [6.45, 7) is 6.81. The number of aliphatic imine (C=N–C) groups is 2. The van der Waals surface area contributed by atoms with E-state index in [9.17, 15) is 58.2 Å². The number of rotatable bonds is 31. The van der Waals surface area contributed by atoms with Gasteiger partial charge in [-0.15, -0.1) is 0 Å². The molecule has 76 heavy (non-hydrogen) atoms. The lowest BCUT2D eigenvalue weighted by atomic mass is 9.96. The Morgan fingerprint density at radius 2 is 1.04 bits per heavy atom. The first kappa shape index (κ1) is 58.5. The lowest BCUT2D eigenvalue weighted by Gasteiger charge is -2.28. The maximum atomic E-state index is 14.7. The molecule has 0 bridgehead atoms. The summed E-state index contributed by atoms with van der Waals surface area (Å²) in [5.41, 5.74) is 8.79. The number of H-pyrrole nitrogens is 1. The molecule has 2 aliphatic heterocycles. The van der Waals surface area contributed by atoms with Crippen LogP contribution >= 0.6 is 0 Å². The van der Waals surface area contributed by atoms with Gasteiger partial charge in [-0.05, 0) is 54.0 Å². The number of nitrogens with two attached hydrogens (primary N) is 1. The number of carboxylic acids is 2. The number of Topliss-reactive ketones (excluding diaryl/α,β-unsaturated/α-hetero) is 1. The Morgan fingerprint density at radius 1 is 0.566 bits per heavy atom. The molecule has 0 saturated carbocycles. The van der Waals surface area contributed by atoms with Crippen molar-refractivity contribution in [3.8, 4) is 0 Å². The molecule has 3 aromatic rings. The zero-order valence-corrected chi connectivity index (χ0v) is 42.8. The number of carboxylic acid groups (broad SMARTS) is 2. The molecule has 0 unspecified atom stereocenters. The van der Waals surface area contributed by atoms with E-state index in [0.29, 0.717) is 34.0 Å². The average Bonchev–Trinajstić information content (AvgIpc) is 4.17. The number of para-hydroxylation sites is 1. The number of ketones is 1. The van der Waals surface area contributed by atoms with Crippen LogP contribution in [0.2, 0.25) is 0 Å². The summed E-state index contributed by atoms with van der Waals surface area (Å²) in [7, 11) is 0. The number of amides is 7. The number of primary amides is 1. The molecule has 12 N–H and O–H groups in total. The number of aromatic amines is 1. The molecule has 23 nitrogen and oxygen atoms in total. The van der Waals surface area contributed by atoms with Gasteiger partial charge in [-0.1, -0.05) is 76.2 Å². The van der Waals surface area contributed by atoms with E-state index in [4.69, 9.17) is 5.73 Å². The number of hydrogen-bond donors (Lipinski definition) is 11. The van der Waals surface area contributed by atoms with E-state index in [1.54, 1.807) is 68.9 Å². The highest BCUT2D eigenvalue weighted by Crippen LogP contribution is 2.21. The van der Waals surface area contributed by atoms with Crippen molar-refractivity contribution in [1.29, 1.82) is 0 Å². The van der Waals surface area contributed by atoms with Crippen LogP contribution in [0.3, 0.4) is 0 Å². The number of hydrogen-bond acceptors (Lipinski definition) is 13. The van der Waals surface area contributed by atoms with Crippen molar-refractivity contribution in [1.82, 2.24) is 42.2 Å². The Bertz CT molecular complexity index is 2750. The van der Waals surface area contributed by atoms with Crippen LogP contribution in [0.1, 0.15) is 90.2 Å². The summed E-state index contributed by atoms with van der Waals surface area (Å²) in [5.74, 6) is -10.2. The van der Waals surface area contributed by atoms with E-state index < -0.39 is 127 Å². The lowest BCUT2D eigenvalue weighted by Crippen LogP contribution is -2.60. The molecule has 2 aromatic carbocycles. The van der Waals surface area contributed by atoms with Gasteiger partial charge in [0.05, 0.1) is 24.9 Å². The number of fused-ring (bicyclic) bond motifs is 1. The predicted molar refractivity (Wildman–Crippen MR) is 280 cm³/mol. The number of aliphatic carboxylic acids is 2. The van der Waals surface area contributed by atoms with Crippen molar-refractivity contribution in [2.45, 2.75) is 140 Å². The van der Waals surface area contributed by atoms with Crippen LogP contribution in [0.15, 0.2) is 94.3 Å². The Kier molecular flexibility index (Phi) is 21.8. The van der Waals surface area contributed by atoms with Gasteiger partial charge < -0.3 is 58.1 Å². The molecule has 0 spiro atoms. The molecule has 0 fully saturated rings. The number of aromatic nitrogens is 1. The van der Waals surface area contributed by atoms with E-state index in [0.717, 1.165) is 5.56 Å². The maximum Gasteiger partial charge on any atom is 0.305 e. The van der Waals surface area contributed by atoms with Gasteiger partial charge in [-0.25, -0.2) is 0 Å². The normalized spacial score (nSPS) is 15.6. The third-order valence-electron chi connectivity index (χ3n) is 12.4.